The molecule has 0 aromatic rings. The fourth-order valence-electron chi connectivity index (χ4n) is 0.930. The third-order valence-electron chi connectivity index (χ3n) is 1.77. The third kappa shape index (κ3) is 6.03. The van der Waals surface area contributed by atoms with E-state index in [1.165, 1.54) is 7.11 Å². The van der Waals surface area contributed by atoms with Crippen LogP contribution in [-0.4, -0.2) is 51.1 Å². The van der Waals surface area contributed by atoms with Crippen LogP contribution in [0.1, 0.15) is 6.42 Å². The average molecular weight is 220 g/mol. The van der Waals surface area contributed by atoms with Crippen molar-refractivity contribution in [1.29, 1.82) is 0 Å². The minimum atomic E-state index is -1.20. The second-order valence-corrected chi connectivity index (χ2v) is 2.81. The number of rotatable bonds is 8. The first kappa shape index (κ1) is 13.9. The van der Waals surface area contributed by atoms with Crippen molar-refractivity contribution in [2.75, 3.05) is 34.0 Å². The van der Waals surface area contributed by atoms with Crippen molar-refractivity contribution in [3.05, 3.63) is 0 Å². The number of hydrogen-bond donors (Lipinski definition) is 1. The van der Waals surface area contributed by atoms with E-state index in [4.69, 9.17) is 14.6 Å². The summed E-state index contributed by atoms with van der Waals surface area (Å²) in [7, 11) is 2.70. The van der Waals surface area contributed by atoms with Crippen molar-refractivity contribution in [2.45, 2.75) is 6.42 Å². The molecule has 0 aromatic heterocycles. The van der Waals surface area contributed by atoms with Crippen LogP contribution < -0.4 is 0 Å². The lowest BCUT2D eigenvalue weighted by Gasteiger charge is -2.09. The van der Waals surface area contributed by atoms with Gasteiger partial charge in [0.15, 0.2) is 5.92 Å². The number of carboxylic acid groups (broad SMARTS) is 1. The molecule has 1 unspecified atom stereocenters. The van der Waals surface area contributed by atoms with Crippen molar-refractivity contribution in [2.24, 2.45) is 5.92 Å². The quantitative estimate of drug-likeness (QED) is 0.350. The molecule has 0 saturated carbocycles. The molecule has 0 aliphatic carbocycles. The highest BCUT2D eigenvalue weighted by Gasteiger charge is 2.26. The van der Waals surface area contributed by atoms with Crippen LogP contribution >= 0.6 is 0 Å². The van der Waals surface area contributed by atoms with Crippen molar-refractivity contribution < 1.29 is 28.9 Å². The van der Waals surface area contributed by atoms with Crippen molar-refractivity contribution in [1.82, 2.24) is 0 Å². The number of hydrogen-bond acceptors (Lipinski definition) is 5. The molecular weight excluding hydrogens is 204 g/mol. The van der Waals surface area contributed by atoms with E-state index in [9.17, 15) is 9.59 Å². The zero-order chi connectivity index (χ0) is 11.7. The molecule has 0 amide bonds. The van der Waals surface area contributed by atoms with E-state index in [1.807, 2.05) is 0 Å². The van der Waals surface area contributed by atoms with Crippen LogP contribution in [0.15, 0.2) is 0 Å². The number of carbonyl (C=O) groups is 2. The number of carbonyl (C=O) groups excluding carboxylic acids is 1. The lowest BCUT2D eigenvalue weighted by Crippen LogP contribution is -2.26. The summed E-state index contributed by atoms with van der Waals surface area (Å²) in [5, 5.41) is 8.70. The van der Waals surface area contributed by atoms with E-state index in [-0.39, 0.29) is 13.0 Å². The van der Waals surface area contributed by atoms with Gasteiger partial charge < -0.3 is 19.3 Å². The Morgan fingerprint density at radius 2 is 1.87 bits per heavy atom. The van der Waals surface area contributed by atoms with E-state index >= 15 is 0 Å². The fourth-order valence-corrected chi connectivity index (χ4v) is 0.930. The van der Waals surface area contributed by atoms with Gasteiger partial charge in [0.05, 0.1) is 20.3 Å². The van der Waals surface area contributed by atoms with Crippen LogP contribution in [0.5, 0.6) is 0 Å². The smallest absolute Gasteiger partial charge is 0.320 e. The first-order valence-electron chi connectivity index (χ1n) is 4.50. The second-order valence-electron chi connectivity index (χ2n) is 2.81. The molecule has 15 heavy (non-hydrogen) atoms. The van der Waals surface area contributed by atoms with Crippen molar-refractivity contribution in [3.63, 3.8) is 0 Å². The second kappa shape index (κ2) is 8.19. The fraction of sp³-hybridized carbons (Fsp3) is 0.778. The molecule has 0 spiro atoms. The Morgan fingerprint density at radius 3 is 2.33 bits per heavy atom. The molecule has 0 rings (SSSR count). The van der Waals surface area contributed by atoms with E-state index in [2.05, 4.69) is 4.74 Å². The van der Waals surface area contributed by atoms with Crippen LogP contribution in [0.25, 0.3) is 0 Å². The Bertz CT molecular complexity index is 203. The summed E-state index contributed by atoms with van der Waals surface area (Å²) in [6.07, 6.45) is 0.103. The van der Waals surface area contributed by atoms with Gasteiger partial charge in [-0.05, 0) is 6.42 Å². The average Bonchev–Trinajstić information content (AvgIpc) is 2.22. The minimum absolute atomic E-state index is 0.103. The summed E-state index contributed by atoms with van der Waals surface area (Å²) in [6, 6.07) is 0. The van der Waals surface area contributed by atoms with Gasteiger partial charge in [-0.2, -0.15) is 0 Å². The van der Waals surface area contributed by atoms with E-state index in [1.54, 1.807) is 0 Å². The molecule has 1 N–H and O–H groups in total. The highest BCUT2D eigenvalue weighted by Crippen LogP contribution is 2.05. The zero-order valence-electron chi connectivity index (χ0n) is 8.89. The standard InChI is InChI=1S/C9H16O6/c1-13-5-6-15-4-3-7(8(10)11)9(12)14-2/h7H,3-6H2,1-2H3,(H,10,11). The monoisotopic (exact) mass is 220 g/mol. The molecule has 6 heteroatoms. The molecule has 0 heterocycles. The maximum absolute atomic E-state index is 11.0. The predicted molar refractivity (Wildman–Crippen MR) is 50.5 cm³/mol. The van der Waals surface area contributed by atoms with Gasteiger partial charge >= 0.3 is 11.9 Å². The molecule has 6 nitrogen and oxygen atoms in total. The van der Waals surface area contributed by atoms with Crippen molar-refractivity contribution >= 4 is 11.9 Å². The Balaban J connectivity index is 3.77. The SMILES string of the molecule is COCCOCCC(C(=O)O)C(=O)OC. The molecule has 0 aromatic carbocycles. The molecule has 88 valence electrons. The van der Waals surface area contributed by atoms with E-state index < -0.39 is 17.9 Å². The van der Waals surface area contributed by atoms with Crippen LogP contribution in [0.4, 0.5) is 0 Å². The highest BCUT2D eigenvalue weighted by atomic mass is 16.5. The maximum atomic E-state index is 11.0. The van der Waals surface area contributed by atoms with Crippen LogP contribution in [-0.2, 0) is 23.8 Å². The van der Waals surface area contributed by atoms with Gasteiger partial charge in [0.1, 0.15) is 0 Å². The number of methoxy groups -OCH3 is 2. The molecule has 0 aliphatic rings. The lowest BCUT2D eigenvalue weighted by molar-refractivity contribution is -0.157. The largest absolute Gasteiger partial charge is 0.481 e. The molecule has 0 bridgehead atoms. The first-order valence-corrected chi connectivity index (χ1v) is 4.50. The van der Waals surface area contributed by atoms with Gasteiger partial charge in [0.2, 0.25) is 0 Å². The summed E-state index contributed by atoms with van der Waals surface area (Å²) in [6.45, 7) is 1.01. The summed E-state index contributed by atoms with van der Waals surface area (Å²) in [5.41, 5.74) is 0. The molecular formula is C9H16O6. The van der Waals surface area contributed by atoms with Gasteiger partial charge in [0, 0.05) is 13.7 Å². The van der Waals surface area contributed by atoms with Crippen molar-refractivity contribution in [3.8, 4) is 0 Å². The zero-order valence-corrected chi connectivity index (χ0v) is 8.89. The van der Waals surface area contributed by atoms with Gasteiger partial charge in [-0.15, -0.1) is 0 Å². The van der Waals surface area contributed by atoms with Crippen LogP contribution in [0, 0.1) is 5.92 Å². The Morgan fingerprint density at radius 1 is 1.20 bits per heavy atom. The molecule has 0 aliphatic heterocycles. The van der Waals surface area contributed by atoms with Crippen LogP contribution in [0.2, 0.25) is 0 Å². The third-order valence-corrected chi connectivity index (χ3v) is 1.77. The maximum Gasteiger partial charge on any atom is 0.320 e. The topological polar surface area (TPSA) is 82.1 Å². The first-order chi connectivity index (χ1) is 7.13. The summed E-state index contributed by atoms with van der Waals surface area (Å²) >= 11 is 0. The molecule has 0 radical (unpaired) electrons. The Hall–Kier alpha value is -1.14. The number of ether oxygens (including phenoxy) is 3. The Kier molecular flexibility index (Phi) is 7.57. The minimum Gasteiger partial charge on any atom is -0.481 e. The number of esters is 1. The lowest BCUT2D eigenvalue weighted by atomic mass is 10.1. The highest BCUT2D eigenvalue weighted by molar-refractivity contribution is 5.93. The van der Waals surface area contributed by atoms with Gasteiger partial charge in [-0.1, -0.05) is 0 Å². The van der Waals surface area contributed by atoms with Gasteiger partial charge in [-0.25, -0.2) is 0 Å². The molecule has 1 atom stereocenters. The summed E-state index contributed by atoms with van der Waals surface area (Å²) in [5.74, 6) is -3.10. The Labute approximate surface area is 88.1 Å². The van der Waals surface area contributed by atoms with E-state index in [0.717, 1.165) is 7.11 Å². The molecule has 0 fully saturated rings. The van der Waals surface area contributed by atoms with Crippen LogP contribution in [0.3, 0.4) is 0 Å². The predicted octanol–water partition coefficient (Wildman–Crippen LogP) is -0.0867. The number of carboxylic acids is 1. The summed E-state index contributed by atoms with van der Waals surface area (Å²) < 4.78 is 14.1. The molecule has 0 saturated heterocycles. The summed E-state index contributed by atoms with van der Waals surface area (Å²) in [4.78, 5) is 21.6. The number of aliphatic carboxylic acids is 1. The van der Waals surface area contributed by atoms with Gasteiger partial charge in [-0.3, -0.25) is 9.59 Å². The van der Waals surface area contributed by atoms with Gasteiger partial charge in [0.25, 0.3) is 0 Å². The van der Waals surface area contributed by atoms with E-state index in [0.29, 0.717) is 13.2 Å². The normalized spacial score (nSPS) is 12.1.